The van der Waals surface area contributed by atoms with Gasteiger partial charge in [-0.15, -0.1) is 0 Å². The van der Waals surface area contributed by atoms with Gasteiger partial charge in [0.15, 0.2) is 5.78 Å². The van der Waals surface area contributed by atoms with E-state index >= 15 is 0 Å². The highest BCUT2D eigenvalue weighted by atomic mass is 16.3. The van der Waals surface area contributed by atoms with Gasteiger partial charge in [-0.2, -0.15) is 0 Å². The second kappa shape index (κ2) is 11.1. The van der Waals surface area contributed by atoms with Crippen molar-refractivity contribution >= 4 is 23.4 Å². The Labute approximate surface area is 149 Å². The average Bonchev–Trinajstić information content (AvgIpc) is 2.54. The Morgan fingerprint density at radius 1 is 1.08 bits per heavy atom. The second-order valence-corrected chi connectivity index (χ2v) is 6.93. The molecule has 0 bridgehead atoms. The molecule has 0 radical (unpaired) electrons. The van der Waals surface area contributed by atoms with Crippen molar-refractivity contribution in [2.45, 2.75) is 72.3 Å². The Hall–Kier alpha value is -1.60. The van der Waals surface area contributed by atoms with Gasteiger partial charge in [-0.1, -0.05) is 47.0 Å². The normalized spacial score (nSPS) is 13.8. The van der Waals surface area contributed by atoms with E-state index < -0.39 is 35.8 Å². The lowest BCUT2D eigenvalue weighted by Crippen LogP contribution is -2.48. The van der Waals surface area contributed by atoms with Crippen molar-refractivity contribution in [2.24, 2.45) is 17.1 Å². The van der Waals surface area contributed by atoms with Crippen LogP contribution in [0.25, 0.3) is 0 Å². The van der Waals surface area contributed by atoms with Crippen molar-refractivity contribution < 1.29 is 24.3 Å². The summed E-state index contributed by atoms with van der Waals surface area (Å²) in [5.41, 5.74) is 4.67. The topological polar surface area (TPSA) is 127 Å². The molecule has 0 saturated carbocycles. The zero-order valence-electron chi connectivity index (χ0n) is 15.8. The Morgan fingerprint density at radius 2 is 1.68 bits per heavy atom. The van der Waals surface area contributed by atoms with E-state index in [-0.39, 0.29) is 18.0 Å². The number of aliphatic hydroxyl groups is 1. The van der Waals surface area contributed by atoms with E-state index in [0.29, 0.717) is 12.8 Å². The van der Waals surface area contributed by atoms with Crippen molar-refractivity contribution in [3.05, 3.63) is 0 Å². The lowest BCUT2D eigenvalue weighted by Gasteiger charge is -2.31. The number of hydrogen-bond donors (Lipinski definition) is 3. The first-order valence-electron chi connectivity index (χ1n) is 8.87. The van der Waals surface area contributed by atoms with Crippen molar-refractivity contribution in [2.75, 3.05) is 6.61 Å². The third kappa shape index (κ3) is 7.44. The molecule has 2 atom stereocenters. The van der Waals surface area contributed by atoms with Gasteiger partial charge in [0.05, 0.1) is 17.9 Å². The maximum atomic E-state index is 12.5. The first-order valence-corrected chi connectivity index (χ1v) is 8.87. The van der Waals surface area contributed by atoms with Gasteiger partial charge in [0.1, 0.15) is 12.4 Å². The Balaban J connectivity index is 4.90. The van der Waals surface area contributed by atoms with Gasteiger partial charge in [-0.05, 0) is 12.8 Å². The van der Waals surface area contributed by atoms with E-state index in [9.17, 15) is 19.2 Å². The molecule has 0 aromatic carbocycles. The van der Waals surface area contributed by atoms with E-state index in [1.165, 1.54) is 0 Å². The Morgan fingerprint density at radius 3 is 2.16 bits per heavy atom. The summed E-state index contributed by atoms with van der Waals surface area (Å²) in [6, 6.07) is -0.666. The number of rotatable bonds is 12. The summed E-state index contributed by atoms with van der Waals surface area (Å²) in [6.07, 6.45) is 3.44. The predicted molar refractivity (Wildman–Crippen MR) is 94.5 cm³/mol. The fraction of sp³-hybridized carbons (Fsp3) is 0.778. The zero-order valence-corrected chi connectivity index (χ0v) is 15.8. The molecular weight excluding hydrogens is 324 g/mol. The van der Waals surface area contributed by atoms with Crippen LogP contribution in [0.15, 0.2) is 0 Å². The molecule has 2 unspecified atom stereocenters. The van der Waals surface area contributed by atoms with Crippen LogP contribution in [-0.4, -0.2) is 41.1 Å². The van der Waals surface area contributed by atoms with Gasteiger partial charge in [0.25, 0.3) is 5.91 Å². The average molecular weight is 356 g/mol. The number of ketones is 2. The maximum Gasteiger partial charge on any atom is 0.252 e. The molecule has 7 heteroatoms. The number of carbonyl (C=O) groups is 4. The van der Waals surface area contributed by atoms with Crippen molar-refractivity contribution in [1.82, 2.24) is 5.32 Å². The lowest BCUT2D eigenvalue weighted by molar-refractivity contribution is -0.144. The van der Waals surface area contributed by atoms with E-state index in [2.05, 4.69) is 12.2 Å². The molecule has 0 aliphatic heterocycles. The number of unbranched alkanes of at least 4 members (excludes halogenated alkanes) is 2. The summed E-state index contributed by atoms with van der Waals surface area (Å²) in [5.74, 6) is -2.86. The molecular formula is C18H32N2O5. The van der Waals surface area contributed by atoms with Crippen molar-refractivity contribution in [1.29, 1.82) is 0 Å². The summed E-state index contributed by atoms with van der Waals surface area (Å²) >= 11 is 0. The molecule has 4 N–H and O–H groups in total. The number of nitrogens with one attached hydrogen (secondary N) is 1. The summed E-state index contributed by atoms with van der Waals surface area (Å²) in [6.45, 7) is 6.08. The fourth-order valence-electron chi connectivity index (χ4n) is 2.83. The number of imide groups is 1. The van der Waals surface area contributed by atoms with Crippen LogP contribution in [0.2, 0.25) is 0 Å². The molecule has 0 rings (SSSR count). The molecule has 25 heavy (non-hydrogen) atoms. The molecule has 7 nitrogen and oxygen atoms in total. The van der Waals surface area contributed by atoms with E-state index in [0.717, 1.165) is 19.3 Å². The number of amides is 2. The van der Waals surface area contributed by atoms with E-state index in [4.69, 9.17) is 10.8 Å². The number of carbonyl (C=O) groups excluding carboxylic acids is 4. The molecule has 144 valence electrons. The molecule has 0 saturated heterocycles. The minimum absolute atomic E-state index is 0.309. The largest absolute Gasteiger partial charge is 0.387 e. The minimum atomic E-state index is -1.18. The SMILES string of the molecule is CCCCCC(N)C(=O)CC(=O)C(CC)C(C)(C)C(=O)NC(=O)CO. The summed E-state index contributed by atoms with van der Waals surface area (Å²) in [4.78, 5) is 48.1. The highest BCUT2D eigenvalue weighted by Gasteiger charge is 2.41. The maximum absolute atomic E-state index is 12.5. The Kier molecular flexibility index (Phi) is 10.4. The quantitative estimate of drug-likeness (QED) is 0.355. The van der Waals surface area contributed by atoms with Crippen molar-refractivity contribution in [3.63, 3.8) is 0 Å². The van der Waals surface area contributed by atoms with Crippen molar-refractivity contribution in [3.8, 4) is 0 Å². The number of aliphatic hydroxyl groups excluding tert-OH is 1. The Bertz CT molecular complexity index is 488. The second-order valence-electron chi connectivity index (χ2n) is 6.93. The van der Waals surface area contributed by atoms with Gasteiger partial charge < -0.3 is 10.8 Å². The van der Waals surface area contributed by atoms with Gasteiger partial charge >= 0.3 is 0 Å². The van der Waals surface area contributed by atoms with Crippen LogP contribution in [0.3, 0.4) is 0 Å². The van der Waals surface area contributed by atoms with Crippen LogP contribution in [0.5, 0.6) is 0 Å². The van der Waals surface area contributed by atoms with Crippen LogP contribution >= 0.6 is 0 Å². The highest BCUT2D eigenvalue weighted by Crippen LogP contribution is 2.31. The van der Waals surface area contributed by atoms with Crippen LogP contribution in [0.1, 0.15) is 66.2 Å². The van der Waals surface area contributed by atoms with Crippen LogP contribution in [0.4, 0.5) is 0 Å². The number of Topliss-reactive ketones (excluding diaryl/α,β-unsaturated/α-hetero) is 2. The molecule has 0 fully saturated rings. The van der Waals surface area contributed by atoms with E-state index in [1.807, 2.05) is 0 Å². The predicted octanol–water partition coefficient (Wildman–Crippen LogP) is 1.11. The third-order valence-electron chi connectivity index (χ3n) is 4.53. The summed E-state index contributed by atoms with van der Waals surface area (Å²) in [7, 11) is 0. The molecule has 0 spiro atoms. The van der Waals surface area contributed by atoms with Gasteiger partial charge in [-0.25, -0.2) is 0 Å². The first kappa shape index (κ1) is 23.4. The number of nitrogens with two attached hydrogens (primary N) is 1. The molecule has 2 amide bonds. The molecule has 0 aromatic rings. The first-order chi connectivity index (χ1) is 11.6. The summed E-state index contributed by atoms with van der Waals surface area (Å²) in [5, 5.41) is 10.8. The van der Waals surface area contributed by atoms with Gasteiger partial charge in [-0.3, -0.25) is 24.5 Å². The molecule has 0 heterocycles. The van der Waals surface area contributed by atoms with Crippen LogP contribution in [-0.2, 0) is 19.2 Å². The van der Waals surface area contributed by atoms with Crippen LogP contribution in [0, 0.1) is 11.3 Å². The molecule has 0 aromatic heterocycles. The minimum Gasteiger partial charge on any atom is -0.387 e. The lowest BCUT2D eigenvalue weighted by atomic mass is 9.73. The monoisotopic (exact) mass is 356 g/mol. The van der Waals surface area contributed by atoms with Gasteiger partial charge in [0, 0.05) is 5.92 Å². The highest BCUT2D eigenvalue weighted by molar-refractivity contribution is 6.05. The zero-order chi connectivity index (χ0) is 19.6. The van der Waals surface area contributed by atoms with Gasteiger partial charge in [0.2, 0.25) is 5.91 Å². The third-order valence-corrected chi connectivity index (χ3v) is 4.53. The standard InChI is InChI=1S/C18H32N2O5/c1-5-7-8-9-13(19)15(23)10-14(22)12(6-2)18(3,4)17(25)20-16(24)11-21/h12-13,21H,5-11,19H2,1-4H3,(H,20,24,25). The fourth-order valence-corrected chi connectivity index (χ4v) is 2.83. The van der Waals surface area contributed by atoms with Crippen LogP contribution < -0.4 is 11.1 Å². The molecule has 0 aliphatic rings. The summed E-state index contributed by atoms with van der Waals surface area (Å²) < 4.78 is 0. The van der Waals surface area contributed by atoms with E-state index in [1.54, 1.807) is 20.8 Å². The molecule has 0 aliphatic carbocycles. The smallest absolute Gasteiger partial charge is 0.252 e. The number of hydrogen-bond acceptors (Lipinski definition) is 6.